The third-order valence-electron chi connectivity index (χ3n) is 7.28. The van der Waals surface area contributed by atoms with Gasteiger partial charge in [0, 0.05) is 30.9 Å². The highest BCUT2D eigenvalue weighted by atomic mass is 19.1. The molecule has 3 aliphatic rings. The highest BCUT2D eigenvalue weighted by Crippen LogP contribution is 2.49. The number of hydrogen-bond donors (Lipinski definition) is 2. The first-order valence-electron chi connectivity index (χ1n) is 11.7. The molecule has 3 unspecified atom stereocenters. The van der Waals surface area contributed by atoms with Gasteiger partial charge < -0.3 is 16.0 Å². The van der Waals surface area contributed by atoms with Gasteiger partial charge in [0.15, 0.2) is 0 Å². The van der Waals surface area contributed by atoms with Gasteiger partial charge in [-0.2, -0.15) is 0 Å². The molecule has 3 atom stereocenters. The van der Waals surface area contributed by atoms with Crippen LogP contribution in [-0.4, -0.2) is 35.0 Å². The van der Waals surface area contributed by atoms with Crippen molar-refractivity contribution in [1.29, 1.82) is 0 Å². The second-order valence-corrected chi connectivity index (χ2v) is 9.56. The first-order chi connectivity index (χ1) is 16.5. The van der Waals surface area contributed by atoms with E-state index in [9.17, 15) is 4.79 Å². The summed E-state index contributed by atoms with van der Waals surface area (Å²) in [6, 6.07) is 12.5. The van der Waals surface area contributed by atoms with Crippen molar-refractivity contribution in [1.82, 2.24) is 9.97 Å². The number of nitrogens with zero attached hydrogens (tertiary/aromatic N) is 3. The van der Waals surface area contributed by atoms with Crippen molar-refractivity contribution >= 4 is 22.9 Å². The molecule has 172 valence electrons. The van der Waals surface area contributed by atoms with E-state index < -0.39 is 11.7 Å². The van der Waals surface area contributed by atoms with E-state index >= 15 is 4.39 Å². The molecule has 1 fully saturated rings. The topological polar surface area (TPSA) is 84.1 Å². The second kappa shape index (κ2) is 8.02. The summed E-state index contributed by atoms with van der Waals surface area (Å²) >= 11 is 0. The number of halogens is 1. The Morgan fingerprint density at radius 1 is 1.12 bits per heavy atom. The van der Waals surface area contributed by atoms with E-state index in [1.165, 1.54) is 23.3 Å². The highest BCUT2D eigenvalue weighted by Gasteiger charge is 2.37. The molecule has 3 aromatic rings. The molecule has 1 saturated heterocycles. The van der Waals surface area contributed by atoms with Crippen molar-refractivity contribution in [2.24, 2.45) is 17.6 Å². The summed E-state index contributed by atoms with van der Waals surface area (Å²) in [5.74, 6) is -0.202. The van der Waals surface area contributed by atoms with Gasteiger partial charge in [0.1, 0.15) is 17.2 Å². The van der Waals surface area contributed by atoms with E-state index in [-0.39, 0.29) is 23.3 Å². The Kier molecular flexibility index (Phi) is 4.95. The number of benzene rings is 1. The molecule has 4 heterocycles. The smallest absolute Gasteiger partial charge is 0.274 e. The number of carbonyl (C=O) groups excluding carboxylic acids is 1. The molecule has 1 amide bonds. The normalized spacial score (nSPS) is 23.7. The minimum atomic E-state index is -0.446. The van der Waals surface area contributed by atoms with Crippen molar-refractivity contribution in [3.05, 3.63) is 77.5 Å². The lowest BCUT2D eigenvalue weighted by Crippen LogP contribution is -2.48. The Balaban J connectivity index is 1.60. The van der Waals surface area contributed by atoms with Crippen LogP contribution < -0.4 is 16.0 Å². The summed E-state index contributed by atoms with van der Waals surface area (Å²) in [4.78, 5) is 24.1. The van der Waals surface area contributed by atoms with Crippen LogP contribution in [0.25, 0.3) is 16.8 Å². The molecule has 3 N–H and O–H groups in total. The van der Waals surface area contributed by atoms with Crippen molar-refractivity contribution < 1.29 is 9.18 Å². The predicted molar refractivity (Wildman–Crippen MR) is 131 cm³/mol. The predicted octanol–water partition coefficient (Wildman–Crippen LogP) is 4.50. The molecule has 34 heavy (non-hydrogen) atoms. The van der Waals surface area contributed by atoms with Gasteiger partial charge in [-0.25, -0.2) is 9.37 Å². The summed E-state index contributed by atoms with van der Waals surface area (Å²) in [5, 5.41) is 2.94. The van der Waals surface area contributed by atoms with E-state index in [1.54, 1.807) is 12.4 Å². The minimum absolute atomic E-state index is 0.00937. The summed E-state index contributed by atoms with van der Waals surface area (Å²) in [6.07, 6.45) is 5.28. The van der Waals surface area contributed by atoms with Crippen molar-refractivity contribution in [2.45, 2.75) is 25.8 Å². The molecule has 1 aliphatic carbocycles. The summed E-state index contributed by atoms with van der Waals surface area (Å²) in [7, 11) is 0. The van der Waals surface area contributed by atoms with Crippen LogP contribution in [0.4, 0.5) is 15.8 Å². The minimum Gasteiger partial charge on any atom is -0.368 e. The van der Waals surface area contributed by atoms with Crippen LogP contribution in [0.15, 0.2) is 60.4 Å². The van der Waals surface area contributed by atoms with Crippen LogP contribution in [0.5, 0.6) is 0 Å². The lowest BCUT2D eigenvalue weighted by atomic mass is 9.67. The summed E-state index contributed by atoms with van der Waals surface area (Å²) in [5.41, 5.74) is 12.7. The van der Waals surface area contributed by atoms with Crippen LogP contribution in [0.1, 0.15) is 35.8 Å². The lowest BCUT2D eigenvalue weighted by Gasteiger charge is -2.44. The molecule has 1 aromatic carbocycles. The first-order valence-corrected chi connectivity index (χ1v) is 11.7. The van der Waals surface area contributed by atoms with Crippen LogP contribution in [0.3, 0.4) is 0 Å². The Labute approximate surface area is 197 Å². The van der Waals surface area contributed by atoms with Crippen LogP contribution in [-0.2, 0) is 0 Å². The highest BCUT2D eigenvalue weighted by molar-refractivity contribution is 6.05. The summed E-state index contributed by atoms with van der Waals surface area (Å²) in [6.45, 7) is 3.73. The standard InChI is InChI=1S/C27H26FN5O/c1-15-10-20-16-11-17(29)14-33(13-16)24-8-9-30-12-23(24)32-27(34)22-7-6-21(28)26(31-22)19-5-3-2-4-18(19)25(15)20/h2-9,12,15-17H,10-11,13-14,29H2,1H3,(H,32,34). The van der Waals surface area contributed by atoms with Gasteiger partial charge in [0.05, 0.1) is 17.6 Å². The third-order valence-corrected chi connectivity index (χ3v) is 7.28. The molecule has 6 nitrogen and oxygen atoms in total. The third kappa shape index (κ3) is 3.39. The average molecular weight is 456 g/mol. The van der Waals surface area contributed by atoms with Gasteiger partial charge in [-0.05, 0) is 54.0 Å². The fourth-order valence-corrected chi connectivity index (χ4v) is 5.77. The molecule has 0 radical (unpaired) electrons. The zero-order valence-corrected chi connectivity index (χ0v) is 19.0. The maximum atomic E-state index is 15.1. The number of nitrogens with two attached hydrogens (primary N) is 1. The Morgan fingerprint density at radius 2 is 1.94 bits per heavy atom. The van der Waals surface area contributed by atoms with Gasteiger partial charge in [-0.1, -0.05) is 36.8 Å². The van der Waals surface area contributed by atoms with Gasteiger partial charge in [0.2, 0.25) is 0 Å². The number of anilines is 2. The molecule has 4 bridgehead atoms. The van der Waals surface area contributed by atoms with E-state index in [4.69, 9.17) is 5.73 Å². The molecular weight excluding hydrogens is 429 g/mol. The number of piperidine rings is 1. The zero-order chi connectivity index (χ0) is 23.4. The fraction of sp³-hybridized carbons (Fsp3) is 0.296. The van der Waals surface area contributed by atoms with Gasteiger partial charge in [-0.3, -0.25) is 9.78 Å². The number of nitrogens with one attached hydrogen (secondary N) is 1. The number of carbonyl (C=O) groups is 1. The van der Waals surface area contributed by atoms with Gasteiger partial charge in [-0.15, -0.1) is 0 Å². The van der Waals surface area contributed by atoms with E-state index in [2.05, 4.69) is 27.1 Å². The molecule has 0 spiro atoms. The fourth-order valence-electron chi connectivity index (χ4n) is 5.77. The molecule has 2 aromatic heterocycles. The van der Waals surface area contributed by atoms with E-state index in [0.29, 0.717) is 23.7 Å². The van der Waals surface area contributed by atoms with Gasteiger partial charge >= 0.3 is 0 Å². The number of hydrogen-bond acceptors (Lipinski definition) is 5. The number of allylic oxidation sites excluding steroid dienone is 1. The molecule has 7 heteroatoms. The average Bonchev–Trinajstić information content (AvgIpc) is 2.82. The zero-order valence-electron chi connectivity index (χ0n) is 19.0. The van der Waals surface area contributed by atoms with E-state index in [0.717, 1.165) is 30.6 Å². The quantitative estimate of drug-likeness (QED) is 0.522. The Morgan fingerprint density at radius 3 is 2.76 bits per heavy atom. The number of rotatable bonds is 0. The van der Waals surface area contributed by atoms with Crippen LogP contribution >= 0.6 is 0 Å². The SMILES string of the molecule is CC1CC2=C1c1ccccc1-c1nc(ccc1F)C(=O)Nc1cnccc1N1CC(N)CC2C1. The second-order valence-electron chi connectivity index (χ2n) is 9.56. The largest absolute Gasteiger partial charge is 0.368 e. The molecular formula is C27H26FN5O. The van der Waals surface area contributed by atoms with Crippen molar-refractivity contribution in [2.75, 3.05) is 23.3 Å². The van der Waals surface area contributed by atoms with Crippen LogP contribution in [0, 0.1) is 17.7 Å². The number of fused-ring (bicyclic) bond motifs is 10. The Hall–Kier alpha value is -3.58. The first kappa shape index (κ1) is 21.0. The van der Waals surface area contributed by atoms with Gasteiger partial charge in [0.25, 0.3) is 5.91 Å². The number of aromatic nitrogens is 2. The maximum absolute atomic E-state index is 15.1. The molecule has 6 rings (SSSR count). The van der Waals surface area contributed by atoms with Crippen LogP contribution in [0.2, 0.25) is 0 Å². The monoisotopic (exact) mass is 455 g/mol. The lowest BCUT2D eigenvalue weighted by molar-refractivity contribution is 0.102. The molecule has 2 aliphatic heterocycles. The molecule has 0 saturated carbocycles. The summed E-state index contributed by atoms with van der Waals surface area (Å²) < 4.78 is 15.1. The number of amides is 1. The maximum Gasteiger partial charge on any atom is 0.274 e. The van der Waals surface area contributed by atoms with Crippen molar-refractivity contribution in [3.63, 3.8) is 0 Å². The Bertz CT molecular complexity index is 1340. The van der Waals surface area contributed by atoms with Crippen molar-refractivity contribution in [3.8, 4) is 11.3 Å². The van der Waals surface area contributed by atoms with E-state index in [1.807, 2.05) is 30.3 Å². The number of pyridine rings is 2.